The predicted molar refractivity (Wildman–Crippen MR) is 60.6 cm³/mol. The van der Waals surface area contributed by atoms with Gasteiger partial charge in [0.1, 0.15) is 5.82 Å². The van der Waals surface area contributed by atoms with Crippen LogP contribution >= 0.6 is 0 Å². The minimum atomic E-state index is -0.604. The van der Waals surface area contributed by atoms with Gasteiger partial charge < -0.3 is 10.6 Å². The van der Waals surface area contributed by atoms with Crippen LogP contribution in [0.4, 0.5) is 10.2 Å². The Morgan fingerprint density at radius 2 is 2.31 bits per heavy atom. The van der Waals surface area contributed by atoms with Gasteiger partial charge in [0.2, 0.25) is 11.9 Å². The highest BCUT2D eigenvalue weighted by atomic mass is 19.1. The van der Waals surface area contributed by atoms with Gasteiger partial charge in [0.25, 0.3) is 0 Å². The zero-order valence-electron chi connectivity index (χ0n) is 9.46. The van der Waals surface area contributed by atoms with Crippen LogP contribution in [-0.4, -0.2) is 23.5 Å². The lowest BCUT2D eigenvalue weighted by Crippen LogP contribution is -2.34. The maximum atomic E-state index is 12.7. The van der Waals surface area contributed by atoms with Gasteiger partial charge >= 0.3 is 0 Å². The summed E-state index contributed by atoms with van der Waals surface area (Å²) in [6.07, 6.45) is 0.950. The average Bonchev–Trinajstić information content (AvgIpc) is 2.26. The zero-order chi connectivity index (χ0) is 12.0. The maximum Gasteiger partial charge on any atom is 0.239 e. The second kappa shape index (κ2) is 6.17. The smallest absolute Gasteiger partial charge is 0.239 e. The largest absolute Gasteiger partial charge is 0.309 e. The van der Waals surface area contributed by atoms with Gasteiger partial charge in [-0.1, -0.05) is 13.0 Å². The number of aromatic nitrogens is 1. The first-order valence-corrected chi connectivity index (χ1v) is 5.27. The zero-order valence-corrected chi connectivity index (χ0v) is 9.46. The van der Waals surface area contributed by atoms with E-state index in [2.05, 4.69) is 15.6 Å². The van der Waals surface area contributed by atoms with Crippen LogP contribution in [0.2, 0.25) is 0 Å². The van der Waals surface area contributed by atoms with Gasteiger partial charge in [-0.3, -0.25) is 4.79 Å². The van der Waals surface area contributed by atoms with E-state index in [9.17, 15) is 9.18 Å². The van der Waals surface area contributed by atoms with E-state index in [0.29, 0.717) is 0 Å². The molecule has 5 heteroatoms. The van der Waals surface area contributed by atoms with Crippen molar-refractivity contribution in [2.45, 2.75) is 26.3 Å². The molecule has 1 aromatic heterocycles. The lowest BCUT2D eigenvalue weighted by atomic mass is 10.2. The Bertz CT molecular complexity index is 357. The molecule has 0 aliphatic rings. The number of nitrogens with one attached hydrogen (secondary N) is 2. The maximum absolute atomic E-state index is 12.7. The van der Waals surface area contributed by atoms with Crippen LogP contribution in [0.15, 0.2) is 18.2 Å². The molecule has 1 rings (SSSR count). The molecule has 16 heavy (non-hydrogen) atoms. The van der Waals surface area contributed by atoms with Crippen molar-refractivity contribution < 1.29 is 9.18 Å². The van der Waals surface area contributed by atoms with Gasteiger partial charge in [-0.2, -0.15) is 4.39 Å². The van der Waals surface area contributed by atoms with Crippen LogP contribution in [0, 0.1) is 5.95 Å². The van der Waals surface area contributed by atoms with Gasteiger partial charge in [-0.25, -0.2) is 4.98 Å². The van der Waals surface area contributed by atoms with Crippen molar-refractivity contribution in [3.8, 4) is 0 Å². The van der Waals surface area contributed by atoms with Gasteiger partial charge in [0, 0.05) is 6.04 Å². The molecule has 0 aliphatic carbocycles. The molecule has 0 bridgehead atoms. The van der Waals surface area contributed by atoms with Gasteiger partial charge in [-0.15, -0.1) is 0 Å². The summed E-state index contributed by atoms with van der Waals surface area (Å²) in [4.78, 5) is 14.9. The van der Waals surface area contributed by atoms with E-state index < -0.39 is 5.95 Å². The first kappa shape index (κ1) is 12.6. The van der Waals surface area contributed by atoms with E-state index in [-0.39, 0.29) is 24.3 Å². The molecule has 0 fully saturated rings. The van der Waals surface area contributed by atoms with E-state index in [1.165, 1.54) is 12.1 Å². The molecule has 0 saturated heterocycles. The Labute approximate surface area is 94.3 Å². The Morgan fingerprint density at radius 3 is 2.94 bits per heavy atom. The molecule has 88 valence electrons. The lowest BCUT2D eigenvalue weighted by molar-refractivity contribution is -0.115. The first-order valence-electron chi connectivity index (χ1n) is 5.27. The van der Waals surface area contributed by atoms with Crippen LogP contribution < -0.4 is 10.6 Å². The summed E-state index contributed by atoms with van der Waals surface area (Å²) < 4.78 is 12.7. The van der Waals surface area contributed by atoms with E-state index in [0.717, 1.165) is 6.42 Å². The Balaban J connectivity index is 2.40. The molecule has 0 radical (unpaired) electrons. The van der Waals surface area contributed by atoms with E-state index in [1.54, 1.807) is 6.07 Å². The molecule has 0 saturated carbocycles. The minimum absolute atomic E-state index is 0.202. The first-order chi connectivity index (χ1) is 7.61. The van der Waals surface area contributed by atoms with Crippen molar-refractivity contribution in [1.29, 1.82) is 0 Å². The molecule has 1 atom stereocenters. The molecule has 2 N–H and O–H groups in total. The summed E-state index contributed by atoms with van der Waals surface area (Å²) in [6, 6.07) is 4.56. The van der Waals surface area contributed by atoms with E-state index in [1.807, 2.05) is 13.8 Å². The summed E-state index contributed by atoms with van der Waals surface area (Å²) in [7, 11) is 0. The lowest BCUT2D eigenvalue weighted by Gasteiger charge is -2.10. The van der Waals surface area contributed by atoms with Crippen molar-refractivity contribution in [2.24, 2.45) is 0 Å². The summed E-state index contributed by atoms with van der Waals surface area (Å²) in [5.74, 6) is -0.595. The summed E-state index contributed by atoms with van der Waals surface area (Å²) in [5, 5.41) is 5.54. The summed E-state index contributed by atoms with van der Waals surface area (Å²) in [6.45, 7) is 4.23. The molecule has 4 nitrogen and oxygen atoms in total. The molecule has 1 unspecified atom stereocenters. The third-order valence-electron chi connectivity index (χ3n) is 2.21. The third kappa shape index (κ3) is 4.35. The number of hydrogen-bond acceptors (Lipinski definition) is 3. The summed E-state index contributed by atoms with van der Waals surface area (Å²) in [5.41, 5.74) is 0. The molecule has 0 aliphatic heterocycles. The predicted octanol–water partition coefficient (Wildman–Crippen LogP) is 1.55. The average molecular weight is 225 g/mol. The van der Waals surface area contributed by atoms with Crippen LogP contribution in [0.5, 0.6) is 0 Å². The van der Waals surface area contributed by atoms with Crippen molar-refractivity contribution in [2.75, 3.05) is 11.9 Å². The normalized spacial score (nSPS) is 12.2. The number of carbonyl (C=O) groups is 1. The van der Waals surface area contributed by atoms with Crippen LogP contribution in [0.25, 0.3) is 0 Å². The van der Waals surface area contributed by atoms with E-state index in [4.69, 9.17) is 0 Å². The Morgan fingerprint density at radius 1 is 1.56 bits per heavy atom. The fourth-order valence-corrected chi connectivity index (χ4v) is 1.08. The molecule has 1 amide bonds. The van der Waals surface area contributed by atoms with Gasteiger partial charge in [0.05, 0.1) is 6.54 Å². The van der Waals surface area contributed by atoms with Crippen LogP contribution in [-0.2, 0) is 4.79 Å². The quantitative estimate of drug-likeness (QED) is 0.747. The number of hydrogen-bond donors (Lipinski definition) is 2. The molecule has 1 aromatic rings. The fourth-order valence-electron chi connectivity index (χ4n) is 1.08. The standard InChI is InChI=1S/C11H16FN3O/c1-3-8(2)13-7-11(16)15-10-6-4-5-9(12)14-10/h4-6,8,13H,3,7H2,1-2H3,(H,14,15,16). The summed E-state index contributed by atoms with van der Waals surface area (Å²) >= 11 is 0. The van der Waals surface area contributed by atoms with Crippen molar-refractivity contribution >= 4 is 11.7 Å². The second-order valence-electron chi connectivity index (χ2n) is 3.58. The highest BCUT2D eigenvalue weighted by molar-refractivity contribution is 5.91. The number of anilines is 1. The number of halogens is 1. The molecule has 1 heterocycles. The number of pyridine rings is 1. The Hall–Kier alpha value is -1.49. The number of amides is 1. The van der Waals surface area contributed by atoms with Crippen molar-refractivity contribution in [1.82, 2.24) is 10.3 Å². The molecular weight excluding hydrogens is 209 g/mol. The van der Waals surface area contributed by atoms with Crippen LogP contribution in [0.1, 0.15) is 20.3 Å². The van der Waals surface area contributed by atoms with E-state index >= 15 is 0 Å². The van der Waals surface area contributed by atoms with Crippen molar-refractivity contribution in [3.05, 3.63) is 24.1 Å². The van der Waals surface area contributed by atoms with Crippen LogP contribution in [0.3, 0.4) is 0 Å². The molecule has 0 aromatic carbocycles. The van der Waals surface area contributed by atoms with Crippen molar-refractivity contribution in [3.63, 3.8) is 0 Å². The Kier molecular flexibility index (Phi) is 4.85. The minimum Gasteiger partial charge on any atom is -0.309 e. The topological polar surface area (TPSA) is 54.0 Å². The fraction of sp³-hybridized carbons (Fsp3) is 0.455. The molecule has 0 spiro atoms. The third-order valence-corrected chi connectivity index (χ3v) is 2.21. The highest BCUT2D eigenvalue weighted by Gasteiger charge is 2.05. The SMILES string of the molecule is CCC(C)NCC(=O)Nc1cccc(F)n1. The van der Waals surface area contributed by atoms with Gasteiger partial charge in [-0.05, 0) is 25.5 Å². The number of nitrogens with zero attached hydrogens (tertiary/aromatic N) is 1. The second-order valence-corrected chi connectivity index (χ2v) is 3.58. The monoisotopic (exact) mass is 225 g/mol. The van der Waals surface area contributed by atoms with Gasteiger partial charge in [0.15, 0.2) is 0 Å². The highest BCUT2D eigenvalue weighted by Crippen LogP contribution is 2.02. The molecular formula is C11H16FN3O. The number of rotatable bonds is 5. The number of carbonyl (C=O) groups excluding carboxylic acids is 1.